The predicted molar refractivity (Wildman–Crippen MR) is 70.3 cm³/mol. The Hall–Kier alpha value is -1.09. The molecule has 0 unspecified atom stereocenters. The summed E-state index contributed by atoms with van der Waals surface area (Å²) >= 11 is 0. The van der Waals surface area contributed by atoms with E-state index in [1.807, 2.05) is 0 Å². The average Bonchev–Trinajstić information content (AvgIpc) is 2.85. The number of imidazole rings is 1. The summed E-state index contributed by atoms with van der Waals surface area (Å²) in [5.41, 5.74) is 2.69. The fourth-order valence-electron chi connectivity index (χ4n) is 2.07. The lowest BCUT2D eigenvalue weighted by atomic mass is 10.1. The van der Waals surface area contributed by atoms with Crippen molar-refractivity contribution in [1.82, 2.24) is 4.57 Å². The first-order valence-electron chi connectivity index (χ1n) is 6.50. The summed E-state index contributed by atoms with van der Waals surface area (Å²) in [6, 6.07) is 8.59. The molecule has 0 N–H and O–H groups in total. The van der Waals surface area contributed by atoms with Gasteiger partial charge in [0.15, 0.2) is 0 Å². The van der Waals surface area contributed by atoms with Crippen molar-refractivity contribution in [3.8, 4) is 5.69 Å². The first-order valence-corrected chi connectivity index (χ1v) is 6.50. The minimum Gasteiger partial charge on any atom is -1.00 e. The van der Waals surface area contributed by atoms with Gasteiger partial charge in [-0.25, -0.2) is 9.13 Å². The van der Waals surface area contributed by atoms with E-state index in [1.165, 1.54) is 24.1 Å². The summed E-state index contributed by atoms with van der Waals surface area (Å²) in [4.78, 5) is 0. The maximum atomic E-state index is 2.26. The average molecular weight is 309 g/mol. The van der Waals surface area contributed by atoms with E-state index in [-0.39, 0.29) is 17.0 Å². The fourth-order valence-corrected chi connectivity index (χ4v) is 2.07. The van der Waals surface area contributed by atoms with Crippen molar-refractivity contribution in [3.05, 3.63) is 48.5 Å². The van der Waals surface area contributed by atoms with Crippen LogP contribution in [0, 0.1) is 0 Å². The molecular weight excluding hydrogens is 288 g/mol. The molecule has 3 heteroatoms. The van der Waals surface area contributed by atoms with Gasteiger partial charge < -0.3 is 17.0 Å². The number of hydrogen-bond acceptors (Lipinski definition) is 0. The molecule has 18 heavy (non-hydrogen) atoms. The SMILES string of the molecule is CCCC[n+]1ccn(-c2ccccc2CC)c1.[Br-]. The van der Waals surface area contributed by atoms with E-state index >= 15 is 0 Å². The number of benzene rings is 1. The smallest absolute Gasteiger partial charge is 0.248 e. The molecule has 0 aliphatic heterocycles. The summed E-state index contributed by atoms with van der Waals surface area (Å²) in [5, 5.41) is 0. The van der Waals surface area contributed by atoms with Gasteiger partial charge in [0.05, 0.1) is 6.54 Å². The zero-order valence-electron chi connectivity index (χ0n) is 11.1. The number of nitrogens with zero attached hydrogens (tertiary/aromatic N) is 2. The number of aromatic nitrogens is 2. The lowest BCUT2D eigenvalue weighted by Crippen LogP contribution is -3.00. The van der Waals surface area contributed by atoms with E-state index in [9.17, 15) is 0 Å². The zero-order chi connectivity index (χ0) is 12.1. The van der Waals surface area contributed by atoms with Crippen molar-refractivity contribution in [2.24, 2.45) is 0 Å². The van der Waals surface area contributed by atoms with Crippen LogP contribution < -0.4 is 21.5 Å². The van der Waals surface area contributed by atoms with Crippen molar-refractivity contribution in [3.63, 3.8) is 0 Å². The molecule has 0 amide bonds. The van der Waals surface area contributed by atoms with Gasteiger partial charge in [0, 0.05) is 0 Å². The van der Waals surface area contributed by atoms with Crippen LogP contribution in [0.4, 0.5) is 0 Å². The van der Waals surface area contributed by atoms with E-state index < -0.39 is 0 Å². The van der Waals surface area contributed by atoms with Crippen LogP contribution in [-0.4, -0.2) is 4.57 Å². The molecule has 0 aliphatic rings. The van der Waals surface area contributed by atoms with Crippen LogP contribution in [-0.2, 0) is 13.0 Å². The highest BCUT2D eigenvalue weighted by atomic mass is 79.9. The van der Waals surface area contributed by atoms with E-state index in [0.29, 0.717) is 0 Å². The second kappa shape index (κ2) is 7.37. The van der Waals surface area contributed by atoms with E-state index in [4.69, 9.17) is 0 Å². The number of rotatable bonds is 5. The van der Waals surface area contributed by atoms with Crippen LogP contribution in [0.25, 0.3) is 5.69 Å². The first-order chi connectivity index (χ1) is 8.35. The minimum absolute atomic E-state index is 0. The zero-order valence-corrected chi connectivity index (χ0v) is 12.7. The van der Waals surface area contributed by atoms with E-state index in [2.05, 4.69) is 66.0 Å². The van der Waals surface area contributed by atoms with Crippen molar-refractivity contribution in [1.29, 1.82) is 0 Å². The number of aryl methyl sites for hydroxylation is 2. The van der Waals surface area contributed by atoms with Crippen molar-refractivity contribution in [2.45, 2.75) is 39.7 Å². The Morgan fingerprint density at radius 3 is 2.67 bits per heavy atom. The Balaban J connectivity index is 0.00000162. The normalized spacial score (nSPS) is 10.1. The molecule has 0 saturated carbocycles. The van der Waals surface area contributed by atoms with Crippen LogP contribution in [0.3, 0.4) is 0 Å². The van der Waals surface area contributed by atoms with Gasteiger partial charge in [-0.15, -0.1) is 0 Å². The summed E-state index contributed by atoms with van der Waals surface area (Å²) in [6.45, 7) is 5.54. The van der Waals surface area contributed by atoms with Crippen LogP contribution >= 0.6 is 0 Å². The molecular formula is C15H21BrN2. The number of unbranched alkanes of at least 4 members (excludes halogenated alkanes) is 1. The largest absolute Gasteiger partial charge is 1.00 e. The van der Waals surface area contributed by atoms with E-state index in [0.717, 1.165) is 13.0 Å². The van der Waals surface area contributed by atoms with Gasteiger partial charge in [-0.05, 0) is 24.5 Å². The van der Waals surface area contributed by atoms with Crippen LogP contribution in [0.15, 0.2) is 43.0 Å². The Bertz CT molecular complexity index is 477. The molecule has 0 atom stereocenters. The highest BCUT2D eigenvalue weighted by Gasteiger charge is 2.09. The Morgan fingerprint density at radius 1 is 1.17 bits per heavy atom. The number of halogens is 1. The highest BCUT2D eigenvalue weighted by Crippen LogP contribution is 2.13. The second-order valence-electron chi connectivity index (χ2n) is 4.39. The van der Waals surface area contributed by atoms with Gasteiger partial charge in [-0.1, -0.05) is 38.5 Å². The lowest BCUT2D eigenvalue weighted by molar-refractivity contribution is -0.696. The van der Waals surface area contributed by atoms with Crippen LogP contribution in [0.1, 0.15) is 32.3 Å². The number of para-hydroxylation sites is 1. The third-order valence-corrected chi connectivity index (χ3v) is 3.11. The summed E-state index contributed by atoms with van der Waals surface area (Å²) in [7, 11) is 0. The van der Waals surface area contributed by atoms with Crippen LogP contribution in [0.2, 0.25) is 0 Å². The lowest BCUT2D eigenvalue weighted by Gasteiger charge is -2.02. The van der Waals surface area contributed by atoms with Crippen molar-refractivity contribution >= 4 is 0 Å². The van der Waals surface area contributed by atoms with Gasteiger partial charge in [0.25, 0.3) is 0 Å². The molecule has 1 aromatic carbocycles. The van der Waals surface area contributed by atoms with Crippen molar-refractivity contribution < 1.29 is 21.5 Å². The predicted octanol–water partition coefficient (Wildman–Crippen LogP) is 0.131. The Morgan fingerprint density at radius 2 is 1.94 bits per heavy atom. The molecule has 2 nitrogen and oxygen atoms in total. The quantitative estimate of drug-likeness (QED) is 0.695. The minimum atomic E-state index is 0. The fraction of sp³-hybridized carbons (Fsp3) is 0.400. The van der Waals surface area contributed by atoms with Gasteiger partial charge in [0.1, 0.15) is 18.1 Å². The summed E-state index contributed by atoms with van der Waals surface area (Å²) < 4.78 is 4.48. The first kappa shape index (κ1) is 15.0. The summed E-state index contributed by atoms with van der Waals surface area (Å²) in [6.07, 6.45) is 10.0. The highest BCUT2D eigenvalue weighted by molar-refractivity contribution is 5.40. The maximum Gasteiger partial charge on any atom is 0.248 e. The molecule has 0 saturated heterocycles. The third-order valence-electron chi connectivity index (χ3n) is 3.11. The van der Waals surface area contributed by atoms with Gasteiger partial charge in [-0.3, -0.25) is 0 Å². The number of hydrogen-bond donors (Lipinski definition) is 0. The van der Waals surface area contributed by atoms with Gasteiger partial charge >= 0.3 is 0 Å². The Kier molecular flexibility index (Phi) is 6.13. The Labute approximate surface area is 120 Å². The molecule has 0 radical (unpaired) electrons. The molecule has 2 rings (SSSR count). The van der Waals surface area contributed by atoms with Gasteiger partial charge in [0.2, 0.25) is 6.33 Å². The molecule has 1 heterocycles. The molecule has 2 aromatic rings. The molecule has 1 aromatic heterocycles. The van der Waals surface area contributed by atoms with E-state index in [1.54, 1.807) is 0 Å². The standard InChI is InChI=1S/C15H21N2.BrH/c1-3-5-10-16-11-12-17(13-16)15-9-7-6-8-14(15)4-2;/h6-9,11-13H,3-5,10H2,1-2H3;1H/q+1;/p-1. The van der Waals surface area contributed by atoms with Gasteiger partial charge in [-0.2, -0.15) is 0 Å². The molecule has 98 valence electrons. The second-order valence-corrected chi connectivity index (χ2v) is 4.39. The molecule has 0 fully saturated rings. The molecule has 0 aliphatic carbocycles. The third kappa shape index (κ3) is 3.45. The van der Waals surface area contributed by atoms with Crippen LogP contribution in [0.5, 0.6) is 0 Å². The van der Waals surface area contributed by atoms with Crippen molar-refractivity contribution in [2.75, 3.05) is 0 Å². The maximum absolute atomic E-state index is 2.26. The molecule has 0 spiro atoms. The monoisotopic (exact) mass is 308 g/mol. The molecule has 0 bridgehead atoms. The topological polar surface area (TPSA) is 8.81 Å². The summed E-state index contributed by atoms with van der Waals surface area (Å²) in [5.74, 6) is 0.